The van der Waals surface area contributed by atoms with Crippen LogP contribution in [0.3, 0.4) is 0 Å². The lowest BCUT2D eigenvalue weighted by Crippen LogP contribution is -2.14. The molecule has 1 aromatic heterocycles. The minimum atomic E-state index is -0.0606. The molecule has 0 atom stereocenters. The number of rotatable bonds is 2. The molecule has 0 unspecified atom stereocenters. The van der Waals surface area contributed by atoms with Gasteiger partial charge in [0.2, 0.25) is 0 Å². The summed E-state index contributed by atoms with van der Waals surface area (Å²) in [6.07, 6.45) is 0. The van der Waals surface area contributed by atoms with Crippen molar-refractivity contribution in [2.45, 2.75) is 19.3 Å². The van der Waals surface area contributed by atoms with Crippen LogP contribution in [0.1, 0.15) is 25.0 Å². The molecule has 1 heteroatoms. The largest absolute Gasteiger partial charge is 0.309 e. The molecule has 9 aromatic rings. The molecule has 0 N–H and O–H groups in total. The van der Waals surface area contributed by atoms with Crippen LogP contribution in [0.5, 0.6) is 0 Å². The van der Waals surface area contributed by atoms with Gasteiger partial charge in [-0.25, -0.2) is 0 Å². The van der Waals surface area contributed by atoms with Gasteiger partial charge in [0.1, 0.15) is 0 Å². The first kappa shape index (κ1) is 25.6. The van der Waals surface area contributed by atoms with E-state index in [4.69, 9.17) is 0 Å². The third-order valence-electron chi connectivity index (χ3n) is 10.5. The lowest BCUT2D eigenvalue weighted by atomic mass is 9.81. The lowest BCUT2D eigenvalue weighted by Gasteiger charge is -2.22. The predicted molar refractivity (Wildman–Crippen MR) is 196 cm³/mol. The average molecular weight is 586 g/mol. The molecule has 0 aliphatic heterocycles. The molecule has 0 radical (unpaired) electrons. The zero-order chi connectivity index (χ0) is 30.6. The SMILES string of the molecule is CC1(C)c2ccccc2-c2cc3c4ccccc4c4cc5c6cc(-c7ccccc7)ccc6n(-c6ccccc6)c5cc4c3cc21. The van der Waals surface area contributed by atoms with Gasteiger partial charge in [-0.15, -0.1) is 0 Å². The van der Waals surface area contributed by atoms with Crippen LogP contribution >= 0.6 is 0 Å². The molecule has 216 valence electrons. The van der Waals surface area contributed by atoms with Crippen molar-refractivity contribution in [3.63, 3.8) is 0 Å². The molecule has 0 spiro atoms. The number of nitrogens with zero attached hydrogens (tertiary/aromatic N) is 1. The summed E-state index contributed by atoms with van der Waals surface area (Å²) in [4.78, 5) is 0. The maximum atomic E-state index is 2.51. The molecule has 0 fully saturated rings. The van der Waals surface area contributed by atoms with Crippen LogP contribution in [0.25, 0.3) is 82.1 Å². The number of aromatic nitrogens is 1. The van der Waals surface area contributed by atoms with E-state index in [1.54, 1.807) is 0 Å². The van der Waals surface area contributed by atoms with Crippen molar-refractivity contribution < 1.29 is 0 Å². The number of hydrogen-bond acceptors (Lipinski definition) is 0. The van der Waals surface area contributed by atoms with Gasteiger partial charge in [0.25, 0.3) is 0 Å². The Labute approximate surface area is 268 Å². The molecule has 8 aromatic carbocycles. The highest BCUT2D eigenvalue weighted by atomic mass is 15.0. The molecular weight excluding hydrogens is 555 g/mol. The fourth-order valence-electron chi connectivity index (χ4n) is 8.32. The number of benzene rings is 8. The molecule has 0 saturated heterocycles. The zero-order valence-corrected chi connectivity index (χ0v) is 25.9. The molecule has 0 bridgehead atoms. The molecule has 1 aliphatic carbocycles. The van der Waals surface area contributed by atoms with Gasteiger partial charge in [-0.3, -0.25) is 0 Å². The fraction of sp³-hybridized carbons (Fsp3) is 0.0667. The molecule has 0 saturated carbocycles. The molecular formula is C45H31N. The van der Waals surface area contributed by atoms with Crippen molar-refractivity contribution in [1.29, 1.82) is 0 Å². The Bertz CT molecular complexity index is 2690. The summed E-state index contributed by atoms with van der Waals surface area (Å²) in [6, 6.07) is 56.3. The Balaban J connectivity index is 1.38. The fourth-order valence-corrected chi connectivity index (χ4v) is 8.32. The van der Waals surface area contributed by atoms with Gasteiger partial charge < -0.3 is 4.57 Å². The summed E-state index contributed by atoms with van der Waals surface area (Å²) in [7, 11) is 0. The van der Waals surface area contributed by atoms with E-state index in [2.05, 4.69) is 170 Å². The minimum Gasteiger partial charge on any atom is -0.309 e. The second-order valence-corrected chi connectivity index (χ2v) is 13.3. The van der Waals surface area contributed by atoms with Crippen molar-refractivity contribution in [2.24, 2.45) is 0 Å². The Hall–Kier alpha value is -5.66. The number of para-hydroxylation sites is 1. The summed E-state index contributed by atoms with van der Waals surface area (Å²) in [5.41, 5.74) is 11.6. The average Bonchev–Trinajstić information content (AvgIpc) is 3.55. The van der Waals surface area contributed by atoms with Gasteiger partial charge in [0.05, 0.1) is 11.0 Å². The molecule has 0 amide bonds. The van der Waals surface area contributed by atoms with Gasteiger partial charge >= 0.3 is 0 Å². The van der Waals surface area contributed by atoms with E-state index >= 15 is 0 Å². The number of fused-ring (bicyclic) bond motifs is 12. The minimum absolute atomic E-state index is 0.0606. The maximum absolute atomic E-state index is 2.51. The van der Waals surface area contributed by atoms with Crippen LogP contribution in [0.15, 0.2) is 152 Å². The highest BCUT2D eigenvalue weighted by Gasteiger charge is 2.35. The van der Waals surface area contributed by atoms with Crippen LogP contribution in [0, 0.1) is 0 Å². The Morgan fingerprint density at radius 2 is 0.978 bits per heavy atom. The van der Waals surface area contributed by atoms with E-state index in [1.807, 2.05) is 0 Å². The molecule has 1 aliphatic rings. The van der Waals surface area contributed by atoms with Gasteiger partial charge in [0, 0.05) is 21.9 Å². The standard InChI is InChI=1S/C45H31N/c1-45(2)41-20-12-11-19-33(41)38-24-34-31-17-9-10-18-32(31)35-25-40-39-23-29(28-13-5-3-6-14-28)21-22-43(39)46(30-15-7-4-8-16-30)44(40)27-37(35)36(34)26-42(38)45/h3-27H,1-2H3. The first-order valence-corrected chi connectivity index (χ1v) is 16.2. The van der Waals surface area contributed by atoms with Gasteiger partial charge in [-0.05, 0) is 114 Å². The van der Waals surface area contributed by atoms with Gasteiger partial charge in [-0.2, -0.15) is 0 Å². The Morgan fingerprint density at radius 3 is 1.76 bits per heavy atom. The third-order valence-corrected chi connectivity index (χ3v) is 10.5. The second-order valence-electron chi connectivity index (χ2n) is 13.3. The molecule has 46 heavy (non-hydrogen) atoms. The smallest absolute Gasteiger partial charge is 0.0547 e. The molecule has 1 heterocycles. The van der Waals surface area contributed by atoms with Crippen molar-refractivity contribution in [1.82, 2.24) is 4.57 Å². The number of hydrogen-bond donors (Lipinski definition) is 0. The summed E-state index contributed by atoms with van der Waals surface area (Å²) in [6.45, 7) is 4.76. The summed E-state index contributed by atoms with van der Waals surface area (Å²) in [5, 5.41) is 10.4. The van der Waals surface area contributed by atoms with Gasteiger partial charge in [-0.1, -0.05) is 117 Å². The normalized spacial score (nSPS) is 13.6. The summed E-state index contributed by atoms with van der Waals surface area (Å²) >= 11 is 0. The lowest BCUT2D eigenvalue weighted by molar-refractivity contribution is 0.661. The van der Waals surface area contributed by atoms with Crippen LogP contribution < -0.4 is 0 Å². The second kappa shape index (κ2) is 9.19. The first-order valence-electron chi connectivity index (χ1n) is 16.2. The van der Waals surface area contributed by atoms with Crippen LogP contribution in [0.2, 0.25) is 0 Å². The Kier molecular flexibility index (Phi) is 5.12. The highest BCUT2D eigenvalue weighted by Crippen LogP contribution is 2.51. The van der Waals surface area contributed by atoms with E-state index in [0.717, 1.165) is 0 Å². The van der Waals surface area contributed by atoms with Crippen LogP contribution in [-0.2, 0) is 5.41 Å². The highest BCUT2D eigenvalue weighted by molar-refractivity contribution is 6.29. The van der Waals surface area contributed by atoms with Crippen molar-refractivity contribution in [3.05, 3.63) is 163 Å². The van der Waals surface area contributed by atoms with Crippen LogP contribution in [0.4, 0.5) is 0 Å². The van der Waals surface area contributed by atoms with Gasteiger partial charge in [0.15, 0.2) is 0 Å². The molecule has 1 nitrogen and oxygen atoms in total. The van der Waals surface area contributed by atoms with E-state index < -0.39 is 0 Å². The third kappa shape index (κ3) is 3.40. The quantitative estimate of drug-likeness (QED) is 0.178. The van der Waals surface area contributed by atoms with Crippen molar-refractivity contribution >= 4 is 54.1 Å². The monoisotopic (exact) mass is 585 g/mol. The van der Waals surface area contributed by atoms with Crippen LogP contribution in [-0.4, -0.2) is 4.57 Å². The molecule has 10 rings (SSSR count). The predicted octanol–water partition coefficient (Wildman–Crippen LogP) is 12.2. The van der Waals surface area contributed by atoms with Crippen molar-refractivity contribution in [3.8, 4) is 27.9 Å². The zero-order valence-electron chi connectivity index (χ0n) is 25.9. The van der Waals surface area contributed by atoms with E-state index in [1.165, 1.54) is 93.2 Å². The van der Waals surface area contributed by atoms with E-state index in [-0.39, 0.29) is 5.41 Å². The summed E-state index contributed by atoms with van der Waals surface area (Å²) in [5.74, 6) is 0. The topological polar surface area (TPSA) is 4.93 Å². The van der Waals surface area contributed by atoms with Crippen molar-refractivity contribution in [2.75, 3.05) is 0 Å². The maximum Gasteiger partial charge on any atom is 0.0547 e. The first-order chi connectivity index (χ1) is 22.6. The summed E-state index contributed by atoms with van der Waals surface area (Å²) < 4.78 is 2.45. The Morgan fingerprint density at radius 1 is 0.370 bits per heavy atom. The van der Waals surface area contributed by atoms with E-state index in [9.17, 15) is 0 Å². The van der Waals surface area contributed by atoms with E-state index in [0.29, 0.717) is 0 Å².